The van der Waals surface area contributed by atoms with E-state index in [4.69, 9.17) is 0 Å². The molecule has 1 N–H and O–H groups in total. The second kappa shape index (κ2) is 3.89. The van der Waals surface area contributed by atoms with E-state index in [1.807, 2.05) is 6.20 Å². The Labute approximate surface area is 90.6 Å². The summed E-state index contributed by atoms with van der Waals surface area (Å²) in [5.41, 5.74) is 3.91. The Bertz CT molecular complexity index is 469. The minimum absolute atomic E-state index is 0.992. The zero-order valence-corrected chi connectivity index (χ0v) is 9.54. The fraction of sp³-hybridized carbons (Fsp3) is 0.308. The number of nitrogens with one attached hydrogen (secondary N) is 1. The summed E-state index contributed by atoms with van der Waals surface area (Å²) in [5.74, 6) is 1.19. The molecule has 2 heteroatoms. The summed E-state index contributed by atoms with van der Waals surface area (Å²) in [6.07, 6.45) is 4.06. The van der Waals surface area contributed by atoms with Crippen molar-refractivity contribution in [3.8, 4) is 11.4 Å². The molecular weight excluding hydrogens is 184 g/mol. The van der Waals surface area contributed by atoms with Crippen molar-refractivity contribution in [1.82, 2.24) is 4.98 Å². The highest BCUT2D eigenvalue weighted by molar-refractivity contribution is 5.58. The van der Waals surface area contributed by atoms with Gasteiger partial charge < -0.3 is 0 Å². The van der Waals surface area contributed by atoms with Crippen molar-refractivity contribution in [2.75, 3.05) is 0 Å². The Balaban J connectivity index is 2.54. The van der Waals surface area contributed by atoms with E-state index in [-0.39, 0.29) is 0 Å². The summed E-state index contributed by atoms with van der Waals surface area (Å²) >= 11 is 0. The second-order valence-electron chi connectivity index (χ2n) is 3.91. The number of imidazole rings is 1. The van der Waals surface area contributed by atoms with Crippen LogP contribution in [0.2, 0.25) is 0 Å². The van der Waals surface area contributed by atoms with Crippen LogP contribution in [0.1, 0.15) is 18.1 Å². The van der Waals surface area contributed by atoms with E-state index in [0.717, 1.165) is 6.54 Å². The van der Waals surface area contributed by atoms with Gasteiger partial charge in [-0.3, -0.25) is 0 Å². The van der Waals surface area contributed by atoms with Gasteiger partial charge in [-0.2, -0.15) is 0 Å². The lowest BCUT2D eigenvalue weighted by Gasteiger charge is -2.03. The van der Waals surface area contributed by atoms with Crippen LogP contribution < -0.4 is 4.57 Å². The summed E-state index contributed by atoms with van der Waals surface area (Å²) in [6, 6.07) is 6.56. The van der Waals surface area contributed by atoms with Crippen LogP contribution in [0, 0.1) is 13.8 Å². The average molecular weight is 201 g/mol. The van der Waals surface area contributed by atoms with Gasteiger partial charge in [0.05, 0.1) is 12.1 Å². The molecule has 2 rings (SSSR count). The summed E-state index contributed by atoms with van der Waals surface area (Å²) in [6.45, 7) is 7.43. The topological polar surface area (TPSA) is 19.7 Å². The number of hydrogen-bond acceptors (Lipinski definition) is 0. The van der Waals surface area contributed by atoms with E-state index in [9.17, 15) is 0 Å². The quantitative estimate of drug-likeness (QED) is 0.721. The standard InChI is InChI=1S/C13H16N2/c1-4-15-8-7-14-13(15)12-6-5-10(2)9-11(12)3/h5-9H,4H2,1-3H3/p+1. The van der Waals surface area contributed by atoms with Crippen molar-refractivity contribution in [2.24, 2.45) is 0 Å². The first kappa shape index (κ1) is 9.97. The molecule has 0 aliphatic carbocycles. The molecule has 0 atom stereocenters. The molecular formula is C13H17N2+. The van der Waals surface area contributed by atoms with Gasteiger partial charge in [-0.25, -0.2) is 9.55 Å². The van der Waals surface area contributed by atoms with E-state index < -0.39 is 0 Å². The van der Waals surface area contributed by atoms with E-state index in [1.54, 1.807) is 0 Å². The van der Waals surface area contributed by atoms with Crippen LogP contribution in [0.3, 0.4) is 0 Å². The molecule has 0 amide bonds. The average Bonchev–Trinajstić information content (AvgIpc) is 2.65. The lowest BCUT2D eigenvalue weighted by Crippen LogP contribution is -2.32. The third-order valence-electron chi connectivity index (χ3n) is 2.74. The van der Waals surface area contributed by atoms with Crippen LogP contribution in [-0.2, 0) is 6.54 Å². The molecule has 0 bridgehead atoms. The summed E-state index contributed by atoms with van der Waals surface area (Å²) < 4.78 is 2.22. The van der Waals surface area contributed by atoms with Crippen LogP contribution in [-0.4, -0.2) is 4.98 Å². The highest BCUT2D eigenvalue weighted by Gasteiger charge is 2.13. The smallest absolute Gasteiger partial charge is 0.243 e. The minimum Gasteiger partial charge on any atom is -0.243 e. The van der Waals surface area contributed by atoms with Gasteiger partial charge in [0, 0.05) is 0 Å². The van der Waals surface area contributed by atoms with Crippen molar-refractivity contribution in [3.63, 3.8) is 0 Å². The Morgan fingerprint density at radius 2 is 2.07 bits per heavy atom. The number of nitrogens with zero attached hydrogens (tertiary/aromatic N) is 1. The van der Waals surface area contributed by atoms with E-state index >= 15 is 0 Å². The Hall–Kier alpha value is -1.57. The third-order valence-corrected chi connectivity index (χ3v) is 2.74. The number of aryl methyl sites for hydroxylation is 3. The first-order valence-electron chi connectivity index (χ1n) is 5.37. The van der Waals surface area contributed by atoms with E-state index in [1.165, 1.54) is 22.5 Å². The molecule has 0 spiro atoms. The molecule has 1 heterocycles. The van der Waals surface area contributed by atoms with Crippen molar-refractivity contribution in [2.45, 2.75) is 27.3 Å². The van der Waals surface area contributed by atoms with E-state index in [2.05, 4.69) is 54.7 Å². The molecule has 2 nitrogen and oxygen atoms in total. The molecule has 1 aromatic carbocycles. The van der Waals surface area contributed by atoms with Crippen molar-refractivity contribution < 1.29 is 4.57 Å². The van der Waals surface area contributed by atoms with Gasteiger partial charge in [0.15, 0.2) is 0 Å². The zero-order chi connectivity index (χ0) is 10.8. The van der Waals surface area contributed by atoms with Crippen LogP contribution in [0.25, 0.3) is 11.4 Å². The molecule has 0 saturated carbocycles. The normalized spacial score (nSPS) is 10.6. The molecule has 0 unspecified atom stereocenters. The van der Waals surface area contributed by atoms with Gasteiger partial charge in [-0.15, -0.1) is 0 Å². The fourth-order valence-corrected chi connectivity index (χ4v) is 1.94. The number of rotatable bonds is 2. The molecule has 15 heavy (non-hydrogen) atoms. The summed E-state index contributed by atoms with van der Waals surface area (Å²) in [4.78, 5) is 3.30. The molecule has 1 aromatic heterocycles. The first-order valence-corrected chi connectivity index (χ1v) is 5.37. The number of aromatic amines is 1. The molecule has 2 aromatic rings. The summed E-state index contributed by atoms with van der Waals surface area (Å²) in [5, 5.41) is 0. The maximum Gasteiger partial charge on any atom is 0.286 e. The number of hydrogen-bond donors (Lipinski definition) is 1. The highest BCUT2D eigenvalue weighted by Crippen LogP contribution is 2.19. The molecule has 0 aliphatic heterocycles. The van der Waals surface area contributed by atoms with Crippen LogP contribution in [0.4, 0.5) is 0 Å². The zero-order valence-electron chi connectivity index (χ0n) is 9.54. The third kappa shape index (κ3) is 1.80. The Morgan fingerprint density at radius 3 is 2.73 bits per heavy atom. The number of benzene rings is 1. The summed E-state index contributed by atoms with van der Waals surface area (Å²) in [7, 11) is 0. The predicted octanol–water partition coefficient (Wildman–Crippen LogP) is 2.61. The maximum atomic E-state index is 3.30. The van der Waals surface area contributed by atoms with E-state index in [0.29, 0.717) is 0 Å². The van der Waals surface area contributed by atoms with Gasteiger partial charge in [0.25, 0.3) is 5.82 Å². The SMILES string of the molecule is CC[n+]1cc[nH]c1-c1ccc(C)cc1C. The van der Waals surface area contributed by atoms with Gasteiger partial charge in [0.1, 0.15) is 12.4 Å². The van der Waals surface area contributed by atoms with Gasteiger partial charge in [0.2, 0.25) is 0 Å². The minimum atomic E-state index is 0.992. The highest BCUT2D eigenvalue weighted by atomic mass is 15.1. The van der Waals surface area contributed by atoms with Crippen molar-refractivity contribution in [1.29, 1.82) is 0 Å². The van der Waals surface area contributed by atoms with Gasteiger partial charge >= 0.3 is 0 Å². The fourth-order valence-electron chi connectivity index (χ4n) is 1.94. The van der Waals surface area contributed by atoms with Crippen LogP contribution >= 0.6 is 0 Å². The largest absolute Gasteiger partial charge is 0.286 e. The lowest BCUT2D eigenvalue weighted by atomic mass is 10.1. The molecule has 78 valence electrons. The molecule has 0 radical (unpaired) electrons. The van der Waals surface area contributed by atoms with Crippen molar-refractivity contribution >= 4 is 0 Å². The molecule has 0 fully saturated rings. The number of aromatic nitrogens is 2. The number of H-pyrrole nitrogens is 1. The predicted molar refractivity (Wildman–Crippen MR) is 61.6 cm³/mol. The Morgan fingerprint density at radius 1 is 1.27 bits per heavy atom. The van der Waals surface area contributed by atoms with Crippen LogP contribution in [0.15, 0.2) is 30.6 Å². The van der Waals surface area contributed by atoms with Gasteiger partial charge in [-0.05, 0) is 32.4 Å². The Kier molecular flexibility index (Phi) is 2.58. The van der Waals surface area contributed by atoms with Gasteiger partial charge in [-0.1, -0.05) is 17.7 Å². The molecule has 0 saturated heterocycles. The lowest BCUT2D eigenvalue weighted by molar-refractivity contribution is -0.681. The second-order valence-corrected chi connectivity index (χ2v) is 3.91. The monoisotopic (exact) mass is 201 g/mol. The van der Waals surface area contributed by atoms with Crippen molar-refractivity contribution in [3.05, 3.63) is 41.7 Å². The maximum absolute atomic E-state index is 3.30. The van der Waals surface area contributed by atoms with Crippen LogP contribution in [0.5, 0.6) is 0 Å². The first-order chi connectivity index (χ1) is 7.22. The molecule has 0 aliphatic rings.